The van der Waals surface area contributed by atoms with Crippen molar-refractivity contribution in [1.29, 1.82) is 0 Å². The number of carbonyl (C=O) groups excluding carboxylic acids is 1. The van der Waals surface area contributed by atoms with Crippen LogP contribution in [0.4, 0.5) is 11.5 Å². The summed E-state index contributed by atoms with van der Waals surface area (Å²) in [5.41, 5.74) is 1.03. The summed E-state index contributed by atoms with van der Waals surface area (Å²) >= 11 is 0. The molecule has 0 bridgehead atoms. The molecule has 11 heteroatoms. The molecule has 166 valence electrons. The third kappa shape index (κ3) is 4.84. The van der Waals surface area contributed by atoms with Crippen LogP contribution in [0.5, 0.6) is 0 Å². The highest BCUT2D eigenvalue weighted by atomic mass is 32.2. The molecule has 3 aliphatic rings. The van der Waals surface area contributed by atoms with E-state index in [0.717, 1.165) is 37.7 Å². The summed E-state index contributed by atoms with van der Waals surface area (Å²) in [5.74, 6) is 0.946. The minimum absolute atomic E-state index is 0.0786. The molecule has 3 fully saturated rings. The van der Waals surface area contributed by atoms with Crippen molar-refractivity contribution in [3.05, 3.63) is 12.3 Å². The van der Waals surface area contributed by atoms with Crippen LogP contribution in [0, 0.1) is 5.92 Å². The van der Waals surface area contributed by atoms with E-state index in [-0.39, 0.29) is 11.8 Å². The second-order valence-corrected chi connectivity index (χ2v) is 10.1. The lowest BCUT2D eigenvalue weighted by Gasteiger charge is -2.39. The molecule has 0 aliphatic carbocycles. The minimum atomic E-state index is -3.17. The Kier molecular flexibility index (Phi) is 6.40. The number of hydrogen-bond donors (Lipinski definition) is 0. The van der Waals surface area contributed by atoms with Crippen LogP contribution in [0.2, 0.25) is 0 Å². The number of anilines is 2. The normalized spacial score (nSPS) is 22.4. The standard InChI is InChI=1S/C19H30N6O4S/c1-30(27,28)25-4-2-16(3-5-25)19(26)24-8-6-22(7-9-24)17-14-18(21-20-15-17)23-10-12-29-13-11-23/h14-16H,2-13H2,1H3. The van der Waals surface area contributed by atoms with Gasteiger partial charge < -0.3 is 19.4 Å². The molecule has 1 amide bonds. The zero-order valence-electron chi connectivity index (χ0n) is 17.4. The number of sulfonamides is 1. The summed E-state index contributed by atoms with van der Waals surface area (Å²) in [5, 5.41) is 8.45. The summed E-state index contributed by atoms with van der Waals surface area (Å²) in [7, 11) is -3.17. The Labute approximate surface area is 177 Å². The molecule has 10 nitrogen and oxygen atoms in total. The third-order valence-electron chi connectivity index (χ3n) is 6.19. The van der Waals surface area contributed by atoms with E-state index < -0.39 is 10.0 Å². The molecule has 0 unspecified atom stereocenters. The highest BCUT2D eigenvalue weighted by molar-refractivity contribution is 7.88. The van der Waals surface area contributed by atoms with E-state index in [0.29, 0.717) is 52.2 Å². The van der Waals surface area contributed by atoms with Crippen LogP contribution in [0.3, 0.4) is 0 Å². The van der Waals surface area contributed by atoms with E-state index >= 15 is 0 Å². The molecular formula is C19H30N6O4S. The van der Waals surface area contributed by atoms with E-state index in [2.05, 4.69) is 26.1 Å². The number of amides is 1. The maximum atomic E-state index is 12.9. The van der Waals surface area contributed by atoms with Crippen molar-refractivity contribution in [1.82, 2.24) is 19.4 Å². The zero-order chi connectivity index (χ0) is 21.1. The highest BCUT2D eigenvalue weighted by Gasteiger charge is 2.32. The van der Waals surface area contributed by atoms with E-state index in [1.807, 2.05) is 4.90 Å². The number of piperidine rings is 1. The van der Waals surface area contributed by atoms with Crippen LogP contribution in [-0.2, 0) is 19.6 Å². The molecule has 3 saturated heterocycles. The van der Waals surface area contributed by atoms with Crippen LogP contribution >= 0.6 is 0 Å². The van der Waals surface area contributed by atoms with Gasteiger partial charge in [-0.3, -0.25) is 4.79 Å². The van der Waals surface area contributed by atoms with Crippen LogP contribution in [0.25, 0.3) is 0 Å². The Hall–Kier alpha value is -1.98. The average molecular weight is 439 g/mol. The van der Waals surface area contributed by atoms with Crippen LogP contribution in [0.1, 0.15) is 12.8 Å². The van der Waals surface area contributed by atoms with E-state index in [1.54, 1.807) is 6.20 Å². The lowest BCUT2D eigenvalue weighted by molar-refractivity contribution is -0.137. The molecule has 1 aromatic heterocycles. The maximum absolute atomic E-state index is 12.9. The first-order valence-corrected chi connectivity index (χ1v) is 12.4. The van der Waals surface area contributed by atoms with E-state index in [1.165, 1.54) is 10.6 Å². The molecule has 0 saturated carbocycles. The van der Waals surface area contributed by atoms with E-state index in [9.17, 15) is 13.2 Å². The van der Waals surface area contributed by atoms with Crippen molar-refractivity contribution >= 4 is 27.4 Å². The monoisotopic (exact) mass is 438 g/mol. The van der Waals surface area contributed by atoms with Gasteiger partial charge in [-0.1, -0.05) is 0 Å². The smallest absolute Gasteiger partial charge is 0.225 e. The Morgan fingerprint density at radius 2 is 1.67 bits per heavy atom. The van der Waals surface area contributed by atoms with Crippen molar-refractivity contribution in [2.75, 3.05) is 81.6 Å². The van der Waals surface area contributed by atoms with Gasteiger partial charge in [0.25, 0.3) is 0 Å². The molecule has 1 aromatic rings. The Morgan fingerprint density at radius 1 is 1.00 bits per heavy atom. The van der Waals surface area contributed by atoms with Gasteiger partial charge in [0.2, 0.25) is 15.9 Å². The second kappa shape index (κ2) is 9.03. The quantitative estimate of drug-likeness (QED) is 0.628. The van der Waals surface area contributed by atoms with Crippen LogP contribution in [0.15, 0.2) is 12.3 Å². The fraction of sp³-hybridized carbons (Fsp3) is 0.737. The van der Waals surface area contributed by atoms with E-state index in [4.69, 9.17) is 4.74 Å². The minimum Gasteiger partial charge on any atom is -0.378 e. The summed E-state index contributed by atoms with van der Waals surface area (Å²) in [6.45, 7) is 6.75. The van der Waals surface area contributed by atoms with Gasteiger partial charge in [0.15, 0.2) is 5.82 Å². The Bertz CT molecular complexity index is 844. The fourth-order valence-electron chi connectivity index (χ4n) is 4.34. The third-order valence-corrected chi connectivity index (χ3v) is 7.49. The summed E-state index contributed by atoms with van der Waals surface area (Å²) < 4.78 is 30.2. The number of rotatable bonds is 4. The van der Waals surface area contributed by atoms with Crippen molar-refractivity contribution in [2.45, 2.75) is 12.8 Å². The molecule has 0 N–H and O–H groups in total. The summed E-state index contributed by atoms with van der Waals surface area (Å²) in [4.78, 5) is 19.3. The van der Waals surface area contributed by atoms with Gasteiger partial charge in [0, 0.05) is 64.3 Å². The molecule has 0 atom stereocenters. The van der Waals surface area contributed by atoms with Crippen molar-refractivity contribution < 1.29 is 17.9 Å². The molecule has 3 aliphatic heterocycles. The SMILES string of the molecule is CS(=O)(=O)N1CCC(C(=O)N2CCN(c3cnnc(N4CCOCC4)c3)CC2)CC1. The van der Waals surface area contributed by atoms with Gasteiger partial charge in [-0.05, 0) is 12.8 Å². The number of aromatic nitrogens is 2. The first-order chi connectivity index (χ1) is 14.4. The molecule has 4 rings (SSSR count). The Balaban J connectivity index is 1.30. The lowest BCUT2D eigenvalue weighted by Crippen LogP contribution is -2.52. The van der Waals surface area contributed by atoms with Crippen molar-refractivity contribution in [2.24, 2.45) is 5.92 Å². The van der Waals surface area contributed by atoms with Gasteiger partial charge in [-0.2, -0.15) is 5.10 Å². The molecule has 0 aromatic carbocycles. The summed E-state index contributed by atoms with van der Waals surface area (Å²) in [6.07, 6.45) is 4.21. The van der Waals surface area contributed by atoms with Crippen LogP contribution < -0.4 is 9.80 Å². The number of ether oxygens (including phenoxy) is 1. The van der Waals surface area contributed by atoms with Gasteiger partial charge in [0.1, 0.15) is 0 Å². The predicted molar refractivity (Wildman–Crippen MR) is 113 cm³/mol. The number of morpholine rings is 1. The second-order valence-electron chi connectivity index (χ2n) is 8.12. The molecule has 4 heterocycles. The maximum Gasteiger partial charge on any atom is 0.225 e. The van der Waals surface area contributed by atoms with Gasteiger partial charge in [0.05, 0.1) is 31.4 Å². The zero-order valence-corrected chi connectivity index (χ0v) is 18.3. The van der Waals surface area contributed by atoms with Gasteiger partial charge >= 0.3 is 0 Å². The molecular weight excluding hydrogens is 408 g/mol. The van der Waals surface area contributed by atoms with Crippen molar-refractivity contribution in [3.63, 3.8) is 0 Å². The van der Waals surface area contributed by atoms with Crippen LogP contribution in [-0.4, -0.2) is 106 Å². The molecule has 30 heavy (non-hydrogen) atoms. The first kappa shape index (κ1) is 21.3. The fourth-order valence-corrected chi connectivity index (χ4v) is 5.22. The number of nitrogens with zero attached hydrogens (tertiary/aromatic N) is 6. The number of piperazine rings is 1. The predicted octanol–water partition coefficient (Wildman–Crippen LogP) is -0.367. The van der Waals surface area contributed by atoms with Gasteiger partial charge in [-0.25, -0.2) is 12.7 Å². The number of hydrogen-bond acceptors (Lipinski definition) is 8. The highest BCUT2D eigenvalue weighted by Crippen LogP contribution is 2.24. The number of carbonyl (C=O) groups is 1. The Morgan fingerprint density at radius 3 is 2.30 bits per heavy atom. The topological polar surface area (TPSA) is 99.2 Å². The average Bonchev–Trinajstić information content (AvgIpc) is 2.79. The summed E-state index contributed by atoms with van der Waals surface area (Å²) in [6, 6.07) is 2.07. The first-order valence-electron chi connectivity index (χ1n) is 10.6. The lowest BCUT2D eigenvalue weighted by atomic mass is 9.96. The molecule has 0 radical (unpaired) electrons. The largest absolute Gasteiger partial charge is 0.378 e. The molecule has 0 spiro atoms. The van der Waals surface area contributed by atoms with Crippen molar-refractivity contribution in [3.8, 4) is 0 Å². The van der Waals surface area contributed by atoms with Gasteiger partial charge in [-0.15, -0.1) is 5.10 Å².